The Morgan fingerprint density at radius 2 is 2.00 bits per heavy atom. The average Bonchev–Trinajstić information content (AvgIpc) is 3.07. The maximum absolute atomic E-state index is 12.2. The van der Waals surface area contributed by atoms with Crippen LogP contribution in [0.3, 0.4) is 0 Å². The van der Waals surface area contributed by atoms with Crippen LogP contribution < -0.4 is 10.6 Å². The molecule has 2 N–H and O–H groups in total. The number of ether oxygens (including phenoxy) is 1. The summed E-state index contributed by atoms with van der Waals surface area (Å²) in [4.78, 5) is 37.2. The largest absolute Gasteiger partial charge is 0.455 e. The van der Waals surface area contributed by atoms with Gasteiger partial charge in [-0.15, -0.1) is 23.1 Å². The van der Waals surface area contributed by atoms with Gasteiger partial charge in [0.1, 0.15) is 11.1 Å². The van der Waals surface area contributed by atoms with Gasteiger partial charge in [-0.05, 0) is 55.0 Å². The maximum Gasteiger partial charge on any atom is 0.316 e. The number of nitriles is 1. The Morgan fingerprint density at radius 3 is 2.68 bits per heavy atom. The normalized spacial score (nSPS) is 14.8. The molecule has 0 fully saturated rings. The summed E-state index contributed by atoms with van der Waals surface area (Å²) in [5.74, 6) is -0.490. The smallest absolute Gasteiger partial charge is 0.316 e. The summed E-state index contributed by atoms with van der Waals surface area (Å²) in [5, 5.41) is 15.4. The van der Waals surface area contributed by atoms with Crippen molar-refractivity contribution in [3.05, 3.63) is 40.3 Å². The Kier molecular flexibility index (Phi) is 7.71. The van der Waals surface area contributed by atoms with Gasteiger partial charge in [-0.3, -0.25) is 14.4 Å². The molecule has 0 radical (unpaired) electrons. The van der Waals surface area contributed by atoms with Gasteiger partial charge in [-0.25, -0.2) is 0 Å². The lowest BCUT2D eigenvalue weighted by molar-refractivity contribution is -0.144. The summed E-state index contributed by atoms with van der Waals surface area (Å²) in [6.45, 7) is 3.22. The van der Waals surface area contributed by atoms with Crippen LogP contribution in [0.4, 0.5) is 10.7 Å². The van der Waals surface area contributed by atoms with Crippen molar-refractivity contribution in [2.75, 3.05) is 23.0 Å². The second-order valence-corrected chi connectivity index (χ2v) is 9.52. The van der Waals surface area contributed by atoms with E-state index < -0.39 is 18.5 Å². The lowest BCUT2D eigenvalue weighted by Crippen LogP contribution is -2.21. The molecule has 2 amide bonds. The number of thiophene rings is 1. The summed E-state index contributed by atoms with van der Waals surface area (Å²) in [5.41, 5.74) is 2.25. The summed E-state index contributed by atoms with van der Waals surface area (Å²) < 4.78 is 5.06. The Labute approximate surface area is 189 Å². The molecule has 0 bridgehead atoms. The van der Waals surface area contributed by atoms with Crippen LogP contribution in [-0.4, -0.2) is 30.1 Å². The van der Waals surface area contributed by atoms with Crippen molar-refractivity contribution < 1.29 is 19.1 Å². The molecule has 0 spiro atoms. The minimum absolute atomic E-state index is 0.0569. The van der Waals surface area contributed by atoms with Crippen LogP contribution >= 0.6 is 23.1 Å². The Morgan fingerprint density at radius 1 is 1.26 bits per heavy atom. The third-order valence-electron chi connectivity index (χ3n) is 4.77. The van der Waals surface area contributed by atoms with Crippen molar-refractivity contribution >= 4 is 51.6 Å². The van der Waals surface area contributed by atoms with Crippen molar-refractivity contribution in [3.63, 3.8) is 0 Å². The second-order valence-electron chi connectivity index (χ2n) is 7.37. The van der Waals surface area contributed by atoms with E-state index in [9.17, 15) is 19.6 Å². The predicted octanol–water partition coefficient (Wildman–Crippen LogP) is 3.98. The number of rotatable bonds is 7. The molecule has 3 rings (SSSR count). The molecular weight excluding hydrogens is 434 g/mol. The van der Waals surface area contributed by atoms with Gasteiger partial charge < -0.3 is 15.4 Å². The number of hydrogen-bond acceptors (Lipinski definition) is 7. The zero-order chi connectivity index (χ0) is 22.4. The fourth-order valence-corrected chi connectivity index (χ4v) is 5.36. The molecule has 0 saturated carbocycles. The van der Waals surface area contributed by atoms with Gasteiger partial charge in [-0.1, -0.05) is 6.92 Å². The van der Waals surface area contributed by atoms with E-state index in [1.807, 2.05) is 0 Å². The lowest BCUT2D eigenvalue weighted by atomic mass is 9.89. The first-order valence-electron chi connectivity index (χ1n) is 9.86. The van der Waals surface area contributed by atoms with E-state index in [2.05, 4.69) is 23.6 Å². The molecule has 1 aliphatic carbocycles. The molecule has 0 aliphatic heterocycles. The van der Waals surface area contributed by atoms with Crippen molar-refractivity contribution in [2.24, 2.45) is 5.92 Å². The predicted molar refractivity (Wildman–Crippen MR) is 121 cm³/mol. The van der Waals surface area contributed by atoms with Crippen LogP contribution in [0.2, 0.25) is 0 Å². The molecule has 0 saturated heterocycles. The third kappa shape index (κ3) is 6.32. The molecule has 1 aromatic heterocycles. The fraction of sp³-hybridized carbons (Fsp3) is 0.364. The van der Waals surface area contributed by atoms with Crippen molar-refractivity contribution in [2.45, 2.75) is 38.0 Å². The maximum atomic E-state index is 12.2. The Bertz CT molecular complexity index is 1020. The first-order chi connectivity index (χ1) is 14.9. The molecule has 1 aliphatic rings. The summed E-state index contributed by atoms with van der Waals surface area (Å²) >= 11 is 2.72. The van der Waals surface area contributed by atoms with Crippen LogP contribution in [0.25, 0.3) is 0 Å². The number of esters is 1. The van der Waals surface area contributed by atoms with E-state index in [1.165, 1.54) is 30.0 Å². The first kappa shape index (κ1) is 22.8. The van der Waals surface area contributed by atoms with Gasteiger partial charge in [-0.2, -0.15) is 5.26 Å². The van der Waals surface area contributed by atoms with E-state index in [0.29, 0.717) is 22.2 Å². The number of nitrogens with zero attached hydrogens (tertiary/aromatic N) is 1. The molecule has 162 valence electrons. The van der Waals surface area contributed by atoms with Crippen LogP contribution in [0, 0.1) is 17.2 Å². The molecule has 7 nitrogen and oxygen atoms in total. The number of anilines is 2. The van der Waals surface area contributed by atoms with E-state index >= 15 is 0 Å². The molecule has 0 unspecified atom stereocenters. The topological polar surface area (TPSA) is 108 Å². The van der Waals surface area contributed by atoms with Crippen LogP contribution in [-0.2, 0) is 32.0 Å². The van der Waals surface area contributed by atoms with E-state index in [4.69, 9.17) is 4.74 Å². The highest BCUT2D eigenvalue weighted by atomic mass is 32.2. The average molecular weight is 458 g/mol. The number of amides is 2. The SMILES string of the molecule is CC(=O)Nc1ccc(SCC(=O)OCC(=O)Nc2sc3c(c2C#N)CC[C@@H](C)C3)cc1. The number of benzene rings is 1. The molecule has 2 aromatic rings. The second kappa shape index (κ2) is 10.5. The number of nitrogens with one attached hydrogen (secondary N) is 2. The standard InChI is InChI=1S/C22H23N3O4S2/c1-13-3-8-17-18(10-23)22(31-19(17)9-13)25-20(27)11-29-21(28)12-30-16-6-4-15(5-7-16)24-14(2)26/h4-7,13H,3,8-9,11-12H2,1-2H3,(H,24,26)(H,25,27)/t13-/m1/s1. The zero-order valence-electron chi connectivity index (χ0n) is 17.3. The highest BCUT2D eigenvalue weighted by Gasteiger charge is 2.24. The van der Waals surface area contributed by atoms with Gasteiger partial charge in [0.25, 0.3) is 5.91 Å². The number of carbonyl (C=O) groups excluding carboxylic acids is 3. The van der Waals surface area contributed by atoms with Gasteiger partial charge >= 0.3 is 5.97 Å². The van der Waals surface area contributed by atoms with Crippen molar-refractivity contribution in [3.8, 4) is 6.07 Å². The summed E-state index contributed by atoms with van der Waals surface area (Å²) in [6, 6.07) is 9.28. The molecule has 1 heterocycles. The lowest BCUT2D eigenvalue weighted by Gasteiger charge is -2.17. The van der Waals surface area contributed by atoms with Crippen LogP contribution in [0.15, 0.2) is 29.2 Å². The first-order valence-corrected chi connectivity index (χ1v) is 11.7. The third-order valence-corrected chi connectivity index (χ3v) is 6.93. The quantitative estimate of drug-likeness (QED) is 0.481. The van der Waals surface area contributed by atoms with Crippen molar-refractivity contribution in [1.82, 2.24) is 0 Å². The molecule has 1 aromatic carbocycles. The van der Waals surface area contributed by atoms with Crippen molar-refractivity contribution in [1.29, 1.82) is 5.26 Å². The van der Waals surface area contributed by atoms with E-state index in [-0.39, 0.29) is 11.7 Å². The van der Waals surface area contributed by atoms with Crippen LogP contribution in [0.5, 0.6) is 0 Å². The van der Waals surface area contributed by atoms with Gasteiger partial charge in [0.2, 0.25) is 5.91 Å². The monoisotopic (exact) mass is 457 g/mol. The number of thioether (sulfide) groups is 1. The molecule has 31 heavy (non-hydrogen) atoms. The van der Waals surface area contributed by atoms with E-state index in [0.717, 1.165) is 34.6 Å². The molecule has 9 heteroatoms. The summed E-state index contributed by atoms with van der Waals surface area (Å²) in [7, 11) is 0. The number of hydrogen-bond donors (Lipinski definition) is 2. The highest BCUT2D eigenvalue weighted by molar-refractivity contribution is 8.00. The van der Waals surface area contributed by atoms with E-state index in [1.54, 1.807) is 24.3 Å². The summed E-state index contributed by atoms with van der Waals surface area (Å²) in [6.07, 6.45) is 2.81. The van der Waals surface area contributed by atoms with Gasteiger partial charge in [0.15, 0.2) is 6.61 Å². The molecular formula is C22H23N3O4S2. The highest BCUT2D eigenvalue weighted by Crippen LogP contribution is 2.39. The van der Waals surface area contributed by atoms with Crippen LogP contribution in [0.1, 0.15) is 36.3 Å². The number of fused-ring (bicyclic) bond motifs is 1. The Hall–Kier alpha value is -2.83. The minimum Gasteiger partial charge on any atom is -0.455 e. The zero-order valence-corrected chi connectivity index (χ0v) is 19.0. The minimum atomic E-state index is -0.508. The van der Waals surface area contributed by atoms with Gasteiger partial charge in [0.05, 0.1) is 11.3 Å². The van der Waals surface area contributed by atoms with Gasteiger partial charge in [0, 0.05) is 22.4 Å². The number of carbonyl (C=O) groups is 3. The molecule has 1 atom stereocenters. The Balaban J connectivity index is 1.46. The fourth-order valence-electron chi connectivity index (χ4n) is 3.29.